The zero-order valence-corrected chi connectivity index (χ0v) is 9.32. The summed E-state index contributed by atoms with van der Waals surface area (Å²) in [5, 5.41) is 11.4. The van der Waals surface area contributed by atoms with Crippen LogP contribution in [0, 0.1) is 0 Å². The second-order valence-electron chi connectivity index (χ2n) is 3.61. The van der Waals surface area contributed by atoms with Gasteiger partial charge in [0.1, 0.15) is 0 Å². The molecule has 0 fully saturated rings. The standard InChI is InChI=1S/C10H8F3N5O/c11-10(12,13)6-3-5(1-2-7(6)14)16-9(19)8-4-15-18-17-8/h1-4H,14H2,(H,16,19)(H,15,17,18). The molecule has 2 rings (SSSR count). The zero-order chi connectivity index (χ0) is 14.0. The topological polar surface area (TPSA) is 96.7 Å². The second-order valence-corrected chi connectivity index (χ2v) is 3.61. The number of carbonyl (C=O) groups is 1. The Bertz CT molecular complexity index is 594. The Morgan fingerprint density at radius 2 is 2.11 bits per heavy atom. The van der Waals surface area contributed by atoms with Crippen molar-refractivity contribution >= 4 is 17.3 Å². The number of nitrogens with one attached hydrogen (secondary N) is 2. The Balaban J connectivity index is 2.25. The number of halogens is 3. The number of amides is 1. The largest absolute Gasteiger partial charge is 0.418 e. The normalized spacial score (nSPS) is 11.3. The number of anilines is 2. The summed E-state index contributed by atoms with van der Waals surface area (Å²) in [5.74, 6) is -0.674. The molecule has 100 valence electrons. The van der Waals surface area contributed by atoms with Crippen LogP contribution in [0.2, 0.25) is 0 Å². The molecule has 1 aromatic carbocycles. The number of nitrogens with two attached hydrogens (primary N) is 1. The van der Waals surface area contributed by atoms with Crippen LogP contribution in [0.3, 0.4) is 0 Å². The highest BCUT2D eigenvalue weighted by atomic mass is 19.4. The maximum Gasteiger partial charge on any atom is 0.418 e. The van der Waals surface area contributed by atoms with Gasteiger partial charge in [0.25, 0.3) is 5.91 Å². The number of aromatic amines is 1. The molecule has 0 radical (unpaired) electrons. The molecule has 9 heteroatoms. The van der Waals surface area contributed by atoms with Crippen LogP contribution in [0.1, 0.15) is 16.1 Å². The monoisotopic (exact) mass is 271 g/mol. The first-order valence-electron chi connectivity index (χ1n) is 5.02. The summed E-state index contributed by atoms with van der Waals surface area (Å²) in [5.41, 5.74) is 3.75. The molecule has 0 saturated carbocycles. The average Bonchev–Trinajstić information content (AvgIpc) is 2.83. The van der Waals surface area contributed by atoms with E-state index in [4.69, 9.17) is 5.73 Å². The van der Waals surface area contributed by atoms with Crippen molar-refractivity contribution in [2.75, 3.05) is 11.1 Å². The van der Waals surface area contributed by atoms with Crippen molar-refractivity contribution in [2.24, 2.45) is 0 Å². The zero-order valence-electron chi connectivity index (χ0n) is 9.32. The van der Waals surface area contributed by atoms with E-state index in [1.165, 1.54) is 6.07 Å². The average molecular weight is 271 g/mol. The van der Waals surface area contributed by atoms with E-state index in [9.17, 15) is 18.0 Å². The Morgan fingerprint density at radius 3 is 2.68 bits per heavy atom. The number of carbonyl (C=O) groups excluding carboxylic acids is 1. The number of nitrogens with zero attached hydrogens (tertiary/aromatic N) is 2. The number of nitrogen functional groups attached to an aromatic ring is 1. The fourth-order valence-electron chi connectivity index (χ4n) is 1.39. The summed E-state index contributed by atoms with van der Waals surface area (Å²) >= 11 is 0. The van der Waals surface area contributed by atoms with Crippen LogP contribution in [-0.2, 0) is 6.18 Å². The van der Waals surface area contributed by atoms with E-state index in [1.807, 2.05) is 0 Å². The van der Waals surface area contributed by atoms with E-state index < -0.39 is 23.3 Å². The highest BCUT2D eigenvalue weighted by molar-refractivity contribution is 6.02. The highest BCUT2D eigenvalue weighted by Gasteiger charge is 2.33. The Hall–Kier alpha value is -2.58. The van der Waals surface area contributed by atoms with Gasteiger partial charge in [-0.15, -0.1) is 0 Å². The first-order chi connectivity index (χ1) is 8.88. The molecule has 0 spiro atoms. The van der Waals surface area contributed by atoms with Gasteiger partial charge in [-0.05, 0) is 18.2 Å². The number of alkyl halides is 3. The van der Waals surface area contributed by atoms with Gasteiger partial charge in [0.2, 0.25) is 0 Å². The van der Waals surface area contributed by atoms with Gasteiger partial charge < -0.3 is 11.1 Å². The fourth-order valence-corrected chi connectivity index (χ4v) is 1.39. The number of hydrogen-bond donors (Lipinski definition) is 3. The summed E-state index contributed by atoms with van der Waals surface area (Å²) < 4.78 is 37.9. The third-order valence-electron chi connectivity index (χ3n) is 2.26. The summed E-state index contributed by atoms with van der Waals surface area (Å²) in [6.07, 6.45) is -3.43. The van der Waals surface area contributed by atoms with Gasteiger partial charge in [0, 0.05) is 11.4 Å². The highest BCUT2D eigenvalue weighted by Crippen LogP contribution is 2.35. The second kappa shape index (κ2) is 4.59. The molecule has 6 nitrogen and oxygen atoms in total. The van der Waals surface area contributed by atoms with E-state index in [1.54, 1.807) is 0 Å². The van der Waals surface area contributed by atoms with Crippen molar-refractivity contribution in [3.05, 3.63) is 35.7 Å². The molecule has 1 heterocycles. The van der Waals surface area contributed by atoms with Crippen LogP contribution in [0.5, 0.6) is 0 Å². The molecule has 4 N–H and O–H groups in total. The lowest BCUT2D eigenvalue weighted by atomic mass is 10.1. The molecule has 1 aromatic heterocycles. The molecule has 0 unspecified atom stereocenters. The van der Waals surface area contributed by atoms with Crippen LogP contribution in [0.4, 0.5) is 24.5 Å². The summed E-state index contributed by atoms with van der Waals surface area (Å²) in [7, 11) is 0. The molecule has 0 aliphatic heterocycles. The molecule has 0 atom stereocenters. The van der Waals surface area contributed by atoms with Gasteiger partial charge in [-0.25, -0.2) is 0 Å². The van der Waals surface area contributed by atoms with Crippen LogP contribution in [0.15, 0.2) is 24.4 Å². The van der Waals surface area contributed by atoms with Gasteiger partial charge in [-0.2, -0.15) is 28.6 Å². The molecule has 0 saturated heterocycles. The third kappa shape index (κ3) is 2.81. The van der Waals surface area contributed by atoms with Crippen molar-refractivity contribution in [3.8, 4) is 0 Å². The lowest BCUT2D eigenvalue weighted by Crippen LogP contribution is -2.14. The summed E-state index contributed by atoms with van der Waals surface area (Å²) in [6.45, 7) is 0. The predicted molar refractivity (Wildman–Crippen MR) is 60.2 cm³/mol. The number of hydrogen-bond acceptors (Lipinski definition) is 4. The van der Waals surface area contributed by atoms with Gasteiger partial charge in [-0.3, -0.25) is 4.79 Å². The lowest BCUT2D eigenvalue weighted by Gasteiger charge is -2.12. The molecule has 1 amide bonds. The van der Waals surface area contributed by atoms with E-state index in [0.717, 1.165) is 18.3 Å². The van der Waals surface area contributed by atoms with Gasteiger partial charge >= 0.3 is 6.18 Å². The van der Waals surface area contributed by atoms with Crippen molar-refractivity contribution in [3.63, 3.8) is 0 Å². The smallest absolute Gasteiger partial charge is 0.398 e. The molecule has 2 aromatic rings. The maximum absolute atomic E-state index is 12.6. The molecule has 0 aliphatic rings. The minimum atomic E-state index is -4.58. The van der Waals surface area contributed by atoms with Crippen LogP contribution >= 0.6 is 0 Å². The molecule has 0 bridgehead atoms. The van der Waals surface area contributed by atoms with Crippen molar-refractivity contribution in [1.82, 2.24) is 15.4 Å². The van der Waals surface area contributed by atoms with Crippen LogP contribution < -0.4 is 11.1 Å². The SMILES string of the molecule is Nc1ccc(NC(=O)c2cn[nH]n2)cc1C(F)(F)F. The Labute approximate surface area is 104 Å². The van der Waals surface area contributed by atoms with E-state index in [0.29, 0.717) is 0 Å². The van der Waals surface area contributed by atoms with E-state index >= 15 is 0 Å². The van der Waals surface area contributed by atoms with Gasteiger partial charge in [0.15, 0.2) is 5.69 Å². The van der Waals surface area contributed by atoms with Gasteiger partial charge in [0.05, 0.1) is 11.8 Å². The molecule has 0 aliphatic carbocycles. The van der Waals surface area contributed by atoms with Crippen molar-refractivity contribution in [2.45, 2.75) is 6.18 Å². The molecular formula is C10H8F3N5O. The van der Waals surface area contributed by atoms with Gasteiger partial charge in [-0.1, -0.05) is 0 Å². The first-order valence-corrected chi connectivity index (χ1v) is 5.02. The summed E-state index contributed by atoms with van der Waals surface area (Å²) in [6, 6.07) is 3.09. The predicted octanol–water partition coefficient (Wildman–Crippen LogP) is 1.66. The number of rotatable bonds is 2. The lowest BCUT2D eigenvalue weighted by molar-refractivity contribution is -0.136. The van der Waals surface area contributed by atoms with E-state index in [2.05, 4.69) is 20.7 Å². The minimum absolute atomic E-state index is 0.0328. The Kier molecular flexibility index (Phi) is 3.11. The maximum atomic E-state index is 12.6. The first kappa shape index (κ1) is 12.9. The van der Waals surface area contributed by atoms with Crippen LogP contribution in [-0.4, -0.2) is 21.3 Å². The molecular weight excluding hydrogens is 263 g/mol. The van der Waals surface area contributed by atoms with Crippen LogP contribution in [0.25, 0.3) is 0 Å². The summed E-state index contributed by atoms with van der Waals surface area (Å²) in [4.78, 5) is 11.6. The minimum Gasteiger partial charge on any atom is -0.398 e. The number of H-pyrrole nitrogens is 1. The van der Waals surface area contributed by atoms with E-state index in [-0.39, 0.29) is 11.4 Å². The fraction of sp³-hybridized carbons (Fsp3) is 0.100. The molecule has 19 heavy (non-hydrogen) atoms. The van der Waals surface area contributed by atoms with Crippen molar-refractivity contribution in [1.29, 1.82) is 0 Å². The number of benzene rings is 1. The number of aromatic nitrogens is 3. The Morgan fingerprint density at radius 1 is 1.37 bits per heavy atom. The van der Waals surface area contributed by atoms with Crippen molar-refractivity contribution < 1.29 is 18.0 Å². The third-order valence-corrected chi connectivity index (χ3v) is 2.26. The quantitative estimate of drug-likeness (QED) is 0.723.